The third-order valence-corrected chi connectivity index (χ3v) is 1.63. The van der Waals surface area contributed by atoms with Gasteiger partial charge in [-0.15, -0.1) is 0 Å². The van der Waals surface area contributed by atoms with Crippen LogP contribution in [-0.4, -0.2) is 11.7 Å². The van der Waals surface area contributed by atoms with Gasteiger partial charge in [-0.3, -0.25) is 0 Å². The van der Waals surface area contributed by atoms with E-state index in [1.807, 2.05) is 0 Å². The van der Waals surface area contributed by atoms with Gasteiger partial charge in [-0.2, -0.15) is 0 Å². The fraction of sp³-hybridized carbons (Fsp3) is 0.250. The molecule has 1 aromatic rings. The molecular formula is C8H8F3NO. The quantitative estimate of drug-likeness (QED) is 0.687. The van der Waals surface area contributed by atoms with E-state index in [-0.39, 0.29) is 5.56 Å². The Balaban J connectivity index is 3.13. The normalized spacial score (nSPS) is 13.0. The van der Waals surface area contributed by atoms with Crippen LogP contribution >= 0.6 is 0 Å². The van der Waals surface area contributed by atoms with Crippen LogP contribution in [0.25, 0.3) is 0 Å². The number of nitrogens with two attached hydrogens (primary N) is 1. The summed E-state index contributed by atoms with van der Waals surface area (Å²) in [6, 6.07) is 0.628. The van der Waals surface area contributed by atoms with E-state index in [1.165, 1.54) is 0 Å². The lowest BCUT2D eigenvalue weighted by Gasteiger charge is -2.08. The lowest BCUT2D eigenvalue weighted by Crippen LogP contribution is -2.15. The summed E-state index contributed by atoms with van der Waals surface area (Å²) in [7, 11) is 0. The van der Waals surface area contributed by atoms with Gasteiger partial charge in [0.05, 0.1) is 12.6 Å². The van der Waals surface area contributed by atoms with Crippen LogP contribution in [-0.2, 0) is 0 Å². The largest absolute Gasteiger partial charge is 0.394 e. The molecule has 1 aromatic carbocycles. The van der Waals surface area contributed by atoms with Gasteiger partial charge in [-0.25, -0.2) is 13.2 Å². The Bertz CT molecular complexity index is 293. The van der Waals surface area contributed by atoms with Crippen molar-refractivity contribution in [2.75, 3.05) is 6.61 Å². The Morgan fingerprint density at radius 3 is 2.08 bits per heavy atom. The Labute approximate surface area is 72.8 Å². The van der Waals surface area contributed by atoms with E-state index >= 15 is 0 Å². The monoisotopic (exact) mass is 191 g/mol. The molecule has 5 heteroatoms. The summed E-state index contributed by atoms with van der Waals surface area (Å²) in [4.78, 5) is 0. The first-order chi connectivity index (χ1) is 6.06. The summed E-state index contributed by atoms with van der Waals surface area (Å²) in [6.45, 7) is -0.454. The predicted molar refractivity (Wildman–Crippen MR) is 40.3 cm³/mol. The second-order valence-corrected chi connectivity index (χ2v) is 2.59. The third kappa shape index (κ3) is 1.99. The molecule has 2 nitrogen and oxygen atoms in total. The molecule has 72 valence electrons. The van der Waals surface area contributed by atoms with Crippen LogP contribution in [0.3, 0.4) is 0 Å². The van der Waals surface area contributed by atoms with Gasteiger partial charge in [0.25, 0.3) is 0 Å². The summed E-state index contributed by atoms with van der Waals surface area (Å²) >= 11 is 0. The van der Waals surface area contributed by atoms with E-state index in [2.05, 4.69) is 0 Å². The highest BCUT2D eigenvalue weighted by Gasteiger charge is 2.13. The summed E-state index contributed by atoms with van der Waals surface area (Å²) in [5.74, 6) is -4.15. The SMILES string of the molecule is NC(CO)c1cc(F)c(F)c(F)c1. The highest BCUT2D eigenvalue weighted by molar-refractivity contribution is 5.22. The van der Waals surface area contributed by atoms with Crippen molar-refractivity contribution in [3.63, 3.8) is 0 Å². The zero-order chi connectivity index (χ0) is 10.0. The minimum absolute atomic E-state index is 0.0268. The molecule has 0 saturated carbocycles. The number of aliphatic hydroxyl groups excluding tert-OH is 1. The molecule has 1 unspecified atom stereocenters. The number of aliphatic hydroxyl groups is 1. The molecule has 0 bridgehead atoms. The number of benzene rings is 1. The maximum Gasteiger partial charge on any atom is 0.194 e. The van der Waals surface area contributed by atoms with Gasteiger partial charge < -0.3 is 10.8 Å². The molecule has 0 radical (unpaired) electrons. The number of hydrogen-bond acceptors (Lipinski definition) is 2. The lowest BCUT2D eigenvalue weighted by atomic mass is 10.1. The molecule has 0 fully saturated rings. The van der Waals surface area contributed by atoms with Crippen molar-refractivity contribution in [2.45, 2.75) is 6.04 Å². The summed E-state index contributed by atoms with van der Waals surface area (Å²) in [5.41, 5.74) is 5.30. The second-order valence-electron chi connectivity index (χ2n) is 2.59. The van der Waals surface area contributed by atoms with Crippen LogP contribution in [0.15, 0.2) is 12.1 Å². The smallest absolute Gasteiger partial charge is 0.194 e. The van der Waals surface area contributed by atoms with Gasteiger partial charge in [0.1, 0.15) is 0 Å². The van der Waals surface area contributed by atoms with Crippen LogP contribution in [0.5, 0.6) is 0 Å². The average Bonchev–Trinajstić information content (AvgIpc) is 2.12. The maximum absolute atomic E-state index is 12.6. The van der Waals surface area contributed by atoms with Crippen molar-refractivity contribution < 1.29 is 18.3 Å². The van der Waals surface area contributed by atoms with E-state index in [9.17, 15) is 13.2 Å². The van der Waals surface area contributed by atoms with Crippen LogP contribution in [0.2, 0.25) is 0 Å². The zero-order valence-corrected chi connectivity index (χ0v) is 6.60. The van der Waals surface area contributed by atoms with E-state index in [4.69, 9.17) is 10.8 Å². The van der Waals surface area contributed by atoms with E-state index in [0.29, 0.717) is 0 Å². The zero-order valence-electron chi connectivity index (χ0n) is 6.60. The Hall–Kier alpha value is -1.07. The highest BCUT2D eigenvalue weighted by Crippen LogP contribution is 2.17. The van der Waals surface area contributed by atoms with Crippen LogP contribution in [0.4, 0.5) is 13.2 Å². The molecule has 0 amide bonds. The van der Waals surface area contributed by atoms with Crippen molar-refractivity contribution in [2.24, 2.45) is 5.73 Å². The molecule has 0 heterocycles. The minimum atomic E-state index is -1.53. The molecule has 0 saturated heterocycles. The topological polar surface area (TPSA) is 46.2 Å². The average molecular weight is 191 g/mol. The van der Waals surface area contributed by atoms with Crippen molar-refractivity contribution in [3.05, 3.63) is 35.1 Å². The molecule has 0 spiro atoms. The first-order valence-corrected chi connectivity index (χ1v) is 3.57. The molecule has 0 aliphatic rings. The van der Waals surface area contributed by atoms with Crippen molar-refractivity contribution >= 4 is 0 Å². The van der Waals surface area contributed by atoms with Crippen LogP contribution < -0.4 is 5.73 Å². The summed E-state index contributed by atoms with van der Waals surface area (Å²) in [6.07, 6.45) is 0. The fourth-order valence-electron chi connectivity index (χ4n) is 0.895. The van der Waals surface area contributed by atoms with Crippen molar-refractivity contribution in [1.29, 1.82) is 0 Å². The fourth-order valence-corrected chi connectivity index (χ4v) is 0.895. The van der Waals surface area contributed by atoms with E-state index in [1.54, 1.807) is 0 Å². The predicted octanol–water partition coefficient (Wildman–Crippen LogP) is 1.10. The summed E-state index contributed by atoms with van der Waals surface area (Å²) in [5, 5.41) is 8.58. The molecule has 1 atom stereocenters. The van der Waals surface area contributed by atoms with Gasteiger partial charge in [0, 0.05) is 0 Å². The van der Waals surface area contributed by atoms with Gasteiger partial charge in [-0.1, -0.05) is 0 Å². The standard InChI is InChI=1S/C8H8F3NO/c9-5-1-4(7(12)3-13)2-6(10)8(5)11/h1-2,7,13H,3,12H2. The molecule has 13 heavy (non-hydrogen) atoms. The first-order valence-electron chi connectivity index (χ1n) is 3.57. The van der Waals surface area contributed by atoms with E-state index < -0.39 is 30.1 Å². The van der Waals surface area contributed by atoms with Crippen molar-refractivity contribution in [1.82, 2.24) is 0 Å². The molecule has 3 N–H and O–H groups in total. The van der Waals surface area contributed by atoms with Gasteiger partial charge in [0.2, 0.25) is 0 Å². The Kier molecular flexibility index (Phi) is 2.90. The number of rotatable bonds is 2. The first kappa shape index (κ1) is 10.0. The van der Waals surface area contributed by atoms with Crippen molar-refractivity contribution in [3.8, 4) is 0 Å². The molecule has 1 rings (SSSR count). The van der Waals surface area contributed by atoms with Crippen LogP contribution in [0.1, 0.15) is 11.6 Å². The second kappa shape index (κ2) is 3.76. The third-order valence-electron chi connectivity index (χ3n) is 1.63. The molecule has 0 aromatic heterocycles. The van der Waals surface area contributed by atoms with Crippen LogP contribution in [0, 0.1) is 17.5 Å². The van der Waals surface area contributed by atoms with E-state index in [0.717, 1.165) is 12.1 Å². The Morgan fingerprint density at radius 2 is 1.69 bits per heavy atom. The molecule has 0 aliphatic heterocycles. The lowest BCUT2D eigenvalue weighted by molar-refractivity contribution is 0.267. The maximum atomic E-state index is 12.6. The van der Waals surface area contributed by atoms with Gasteiger partial charge in [-0.05, 0) is 17.7 Å². The summed E-state index contributed by atoms with van der Waals surface area (Å²) < 4.78 is 37.6. The number of hydrogen-bond donors (Lipinski definition) is 2. The number of halogens is 3. The van der Waals surface area contributed by atoms with Gasteiger partial charge >= 0.3 is 0 Å². The Morgan fingerprint density at radius 1 is 1.23 bits per heavy atom. The molecule has 0 aliphatic carbocycles. The van der Waals surface area contributed by atoms with Gasteiger partial charge in [0.15, 0.2) is 17.5 Å². The minimum Gasteiger partial charge on any atom is -0.394 e. The molecular weight excluding hydrogens is 183 g/mol. The highest BCUT2D eigenvalue weighted by atomic mass is 19.2.